The molecule has 1 aromatic carbocycles. The number of aryl methyl sites for hydroxylation is 1. The molecule has 1 rings (SSSR count). The van der Waals surface area contributed by atoms with Crippen molar-refractivity contribution >= 4 is 0 Å². The standard InChI is InChI=1S/C15H25NO2/c1-3-5-13-6-8-14(9-7-13)18-11-4-10-15(2,16)12-17/h6-9,17H,3-5,10-12,16H2,1-2H3. The minimum atomic E-state index is -0.492. The van der Waals surface area contributed by atoms with Crippen LogP contribution in [0.25, 0.3) is 0 Å². The second-order valence-electron chi connectivity index (χ2n) is 5.16. The van der Waals surface area contributed by atoms with Gasteiger partial charge < -0.3 is 15.6 Å². The number of rotatable bonds is 8. The number of ether oxygens (including phenoxy) is 1. The third-order valence-electron chi connectivity index (χ3n) is 2.98. The van der Waals surface area contributed by atoms with E-state index < -0.39 is 5.54 Å². The molecule has 3 nitrogen and oxygen atoms in total. The first-order valence-electron chi connectivity index (χ1n) is 6.69. The van der Waals surface area contributed by atoms with Gasteiger partial charge >= 0.3 is 0 Å². The van der Waals surface area contributed by atoms with E-state index in [0.29, 0.717) is 6.61 Å². The van der Waals surface area contributed by atoms with Crippen LogP contribution < -0.4 is 10.5 Å². The van der Waals surface area contributed by atoms with Crippen LogP contribution in [0, 0.1) is 0 Å². The summed E-state index contributed by atoms with van der Waals surface area (Å²) < 4.78 is 5.64. The van der Waals surface area contributed by atoms with Gasteiger partial charge in [-0.2, -0.15) is 0 Å². The van der Waals surface area contributed by atoms with E-state index in [9.17, 15) is 0 Å². The predicted octanol–water partition coefficient (Wildman–Crippen LogP) is 2.51. The lowest BCUT2D eigenvalue weighted by atomic mass is 9.99. The minimum Gasteiger partial charge on any atom is -0.494 e. The van der Waals surface area contributed by atoms with E-state index >= 15 is 0 Å². The Morgan fingerprint density at radius 3 is 2.50 bits per heavy atom. The molecule has 0 aliphatic heterocycles. The predicted molar refractivity (Wildman–Crippen MR) is 74.8 cm³/mol. The Bertz CT molecular complexity index is 333. The summed E-state index contributed by atoms with van der Waals surface area (Å²) in [5.74, 6) is 0.901. The summed E-state index contributed by atoms with van der Waals surface area (Å²) in [7, 11) is 0. The van der Waals surface area contributed by atoms with Crippen LogP contribution in [0.4, 0.5) is 0 Å². The Labute approximate surface area is 110 Å². The average Bonchev–Trinajstić information content (AvgIpc) is 2.37. The lowest BCUT2D eigenvalue weighted by Crippen LogP contribution is -2.40. The van der Waals surface area contributed by atoms with Gasteiger partial charge in [0.15, 0.2) is 0 Å². The molecule has 0 aromatic heterocycles. The zero-order chi connectivity index (χ0) is 13.4. The fourth-order valence-corrected chi connectivity index (χ4v) is 1.79. The number of aliphatic hydroxyl groups excluding tert-OH is 1. The molecule has 1 aromatic rings. The smallest absolute Gasteiger partial charge is 0.119 e. The van der Waals surface area contributed by atoms with Gasteiger partial charge in [-0.3, -0.25) is 0 Å². The van der Waals surface area contributed by atoms with Crippen LogP contribution in [0.3, 0.4) is 0 Å². The van der Waals surface area contributed by atoms with E-state index in [1.54, 1.807) is 0 Å². The highest BCUT2D eigenvalue weighted by Crippen LogP contribution is 2.14. The number of nitrogens with two attached hydrogens (primary N) is 1. The highest BCUT2D eigenvalue weighted by atomic mass is 16.5. The molecular formula is C15H25NO2. The summed E-state index contributed by atoms with van der Waals surface area (Å²) in [6, 6.07) is 8.25. The highest BCUT2D eigenvalue weighted by molar-refractivity contribution is 5.27. The van der Waals surface area contributed by atoms with Gasteiger partial charge in [0, 0.05) is 5.54 Å². The SMILES string of the molecule is CCCc1ccc(OCCCC(C)(N)CO)cc1. The van der Waals surface area contributed by atoms with E-state index in [2.05, 4.69) is 19.1 Å². The number of aliphatic hydroxyl groups is 1. The first-order valence-corrected chi connectivity index (χ1v) is 6.69. The van der Waals surface area contributed by atoms with Crippen molar-refractivity contribution in [3.05, 3.63) is 29.8 Å². The molecule has 0 amide bonds. The topological polar surface area (TPSA) is 55.5 Å². The maximum atomic E-state index is 9.03. The van der Waals surface area contributed by atoms with Gasteiger partial charge in [0.2, 0.25) is 0 Å². The summed E-state index contributed by atoms with van der Waals surface area (Å²) in [6.45, 7) is 4.68. The van der Waals surface area contributed by atoms with Crippen LogP contribution in [0.2, 0.25) is 0 Å². The third-order valence-corrected chi connectivity index (χ3v) is 2.98. The molecule has 0 aliphatic rings. The van der Waals surface area contributed by atoms with Gasteiger partial charge in [0.25, 0.3) is 0 Å². The first kappa shape index (κ1) is 15.0. The molecule has 3 heteroatoms. The second kappa shape index (κ2) is 7.39. The van der Waals surface area contributed by atoms with Crippen LogP contribution >= 0.6 is 0 Å². The number of benzene rings is 1. The van der Waals surface area contributed by atoms with Gasteiger partial charge in [-0.25, -0.2) is 0 Å². The normalized spacial score (nSPS) is 14.2. The van der Waals surface area contributed by atoms with Crippen molar-refractivity contribution < 1.29 is 9.84 Å². The lowest BCUT2D eigenvalue weighted by Gasteiger charge is -2.21. The minimum absolute atomic E-state index is 0.0126. The Balaban J connectivity index is 2.27. The number of hydrogen-bond acceptors (Lipinski definition) is 3. The number of hydrogen-bond donors (Lipinski definition) is 2. The van der Waals surface area contributed by atoms with Crippen molar-refractivity contribution in [2.24, 2.45) is 5.73 Å². The molecule has 3 N–H and O–H groups in total. The summed E-state index contributed by atoms with van der Waals surface area (Å²) in [5, 5.41) is 9.03. The second-order valence-corrected chi connectivity index (χ2v) is 5.16. The molecule has 0 aliphatic carbocycles. The van der Waals surface area contributed by atoms with Gasteiger partial charge in [0.1, 0.15) is 5.75 Å². The molecule has 0 heterocycles. The summed E-state index contributed by atoms with van der Waals surface area (Å²) >= 11 is 0. The fraction of sp³-hybridized carbons (Fsp3) is 0.600. The maximum Gasteiger partial charge on any atom is 0.119 e. The van der Waals surface area contributed by atoms with Gasteiger partial charge in [-0.1, -0.05) is 25.5 Å². The Hall–Kier alpha value is -1.06. The van der Waals surface area contributed by atoms with Crippen LogP contribution in [-0.4, -0.2) is 23.9 Å². The average molecular weight is 251 g/mol. The van der Waals surface area contributed by atoms with Crippen LogP contribution in [0.5, 0.6) is 5.75 Å². The zero-order valence-corrected chi connectivity index (χ0v) is 11.5. The van der Waals surface area contributed by atoms with E-state index in [-0.39, 0.29) is 6.61 Å². The molecule has 1 unspecified atom stereocenters. The summed E-state index contributed by atoms with van der Waals surface area (Å²) in [4.78, 5) is 0. The third kappa shape index (κ3) is 5.52. The molecule has 0 spiro atoms. The molecule has 0 fully saturated rings. The van der Waals surface area contributed by atoms with Crippen LogP contribution in [-0.2, 0) is 6.42 Å². The first-order chi connectivity index (χ1) is 8.57. The maximum absolute atomic E-state index is 9.03. The van der Waals surface area contributed by atoms with Crippen molar-refractivity contribution in [1.82, 2.24) is 0 Å². The molecule has 18 heavy (non-hydrogen) atoms. The molecule has 0 bridgehead atoms. The molecular weight excluding hydrogens is 226 g/mol. The van der Waals surface area contributed by atoms with Crippen molar-refractivity contribution in [1.29, 1.82) is 0 Å². The lowest BCUT2D eigenvalue weighted by molar-refractivity contribution is 0.188. The monoisotopic (exact) mass is 251 g/mol. The van der Waals surface area contributed by atoms with Crippen molar-refractivity contribution in [2.45, 2.75) is 45.1 Å². The van der Waals surface area contributed by atoms with Gasteiger partial charge in [-0.05, 0) is 43.9 Å². The molecule has 1 atom stereocenters. The Kier molecular flexibility index (Phi) is 6.16. The van der Waals surface area contributed by atoms with E-state index in [1.165, 1.54) is 5.56 Å². The molecule has 0 saturated carbocycles. The van der Waals surface area contributed by atoms with Crippen molar-refractivity contribution in [3.63, 3.8) is 0 Å². The quantitative estimate of drug-likeness (QED) is 0.698. The summed E-state index contributed by atoms with van der Waals surface area (Å²) in [5.41, 5.74) is 6.70. The van der Waals surface area contributed by atoms with E-state index in [4.69, 9.17) is 15.6 Å². The van der Waals surface area contributed by atoms with Gasteiger partial charge in [-0.15, -0.1) is 0 Å². The largest absolute Gasteiger partial charge is 0.494 e. The van der Waals surface area contributed by atoms with Crippen molar-refractivity contribution in [3.8, 4) is 5.75 Å². The van der Waals surface area contributed by atoms with Gasteiger partial charge in [0.05, 0.1) is 13.2 Å². The molecule has 0 radical (unpaired) electrons. The molecule has 102 valence electrons. The highest BCUT2D eigenvalue weighted by Gasteiger charge is 2.15. The Morgan fingerprint density at radius 1 is 1.28 bits per heavy atom. The van der Waals surface area contributed by atoms with Crippen LogP contribution in [0.1, 0.15) is 38.7 Å². The zero-order valence-electron chi connectivity index (χ0n) is 11.5. The van der Waals surface area contributed by atoms with E-state index in [0.717, 1.165) is 31.4 Å². The van der Waals surface area contributed by atoms with Crippen LogP contribution in [0.15, 0.2) is 24.3 Å². The van der Waals surface area contributed by atoms with Crippen molar-refractivity contribution in [2.75, 3.05) is 13.2 Å². The Morgan fingerprint density at radius 2 is 1.94 bits per heavy atom. The fourth-order valence-electron chi connectivity index (χ4n) is 1.79. The summed E-state index contributed by atoms with van der Waals surface area (Å²) in [6.07, 6.45) is 3.89. The molecule has 0 saturated heterocycles. The van der Waals surface area contributed by atoms with E-state index in [1.807, 2.05) is 19.1 Å².